The van der Waals surface area contributed by atoms with Crippen molar-refractivity contribution in [1.82, 2.24) is 5.43 Å². The van der Waals surface area contributed by atoms with Gasteiger partial charge in [-0.2, -0.15) is 13.2 Å². The number of carbonyl (C=O) groups excluding carboxylic acids is 1. The molecule has 0 spiro atoms. The first-order chi connectivity index (χ1) is 11.1. The molecule has 1 aromatic carbocycles. The van der Waals surface area contributed by atoms with Crippen molar-refractivity contribution in [3.8, 4) is 0 Å². The standard InChI is InChI=1S/C12H6Cl2F3N3O3S/c13-9-4-6(10(14)24-9)11(21)19-18-7-2-1-5(12(15,16)17)3-8(7)20(22)23/h1-4,18H,(H,19,21). The Kier molecular flexibility index (Phi) is 5.21. The smallest absolute Gasteiger partial charge is 0.292 e. The summed E-state index contributed by atoms with van der Waals surface area (Å²) < 4.78 is 38.2. The van der Waals surface area contributed by atoms with E-state index in [0.29, 0.717) is 12.1 Å². The highest BCUT2D eigenvalue weighted by atomic mass is 35.5. The van der Waals surface area contributed by atoms with Crippen LogP contribution in [0.15, 0.2) is 24.3 Å². The fraction of sp³-hybridized carbons (Fsp3) is 0.0833. The highest BCUT2D eigenvalue weighted by Gasteiger charge is 2.33. The average molecular weight is 400 g/mol. The number of halogens is 5. The fourth-order valence-electron chi connectivity index (χ4n) is 1.65. The van der Waals surface area contributed by atoms with Crippen molar-refractivity contribution in [2.75, 3.05) is 5.43 Å². The third kappa shape index (κ3) is 4.08. The van der Waals surface area contributed by atoms with Crippen LogP contribution in [-0.4, -0.2) is 10.8 Å². The maximum atomic E-state index is 12.6. The van der Waals surface area contributed by atoms with Crippen molar-refractivity contribution in [2.24, 2.45) is 0 Å². The molecule has 0 saturated carbocycles. The summed E-state index contributed by atoms with van der Waals surface area (Å²) in [5, 5.41) is 10.9. The second-order valence-electron chi connectivity index (χ2n) is 4.30. The lowest BCUT2D eigenvalue weighted by Crippen LogP contribution is -2.29. The SMILES string of the molecule is O=C(NNc1ccc(C(F)(F)F)cc1[N+](=O)[O-])c1cc(Cl)sc1Cl. The van der Waals surface area contributed by atoms with Crippen LogP contribution in [-0.2, 0) is 6.18 Å². The van der Waals surface area contributed by atoms with Crippen LogP contribution in [0.25, 0.3) is 0 Å². The predicted molar refractivity (Wildman–Crippen MR) is 83.5 cm³/mol. The molecular formula is C12H6Cl2F3N3O3S. The number of rotatable bonds is 4. The second kappa shape index (κ2) is 6.83. The Hall–Kier alpha value is -2.04. The zero-order chi connectivity index (χ0) is 18.1. The average Bonchev–Trinajstić information content (AvgIpc) is 2.82. The molecule has 0 radical (unpaired) electrons. The molecule has 0 aliphatic heterocycles. The Morgan fingerprint density at radius 2 is 1.92 bits per heavy atom. The molecular weight excluding hydrogens is 394 g/mol. The highest BCUT2D eigenvalue weighted by Crippen LogP contribution is 2.35. The zero-order valence-corrected chi connectivity index (χ0v) is 13.6. The summed E-state index contributed by atoms with van der Waals surface area (Å²) in [6.45, 7) is 0. The van der Waals surface area contributed by atoms with Gasteiger partial charge in [0.15, 0.2) is 0 Å². The molecule has 1 heterocycles. The molecule has 0 bridgehead atoms. The maximum absolute atomic E-state index is 12.6. The number of nitrogens with zero attached hydrogens (tertiary/aromatic N) is 1. The molecule has 6 nitrogen and oxygen atoms in total. The third-order valence-corrected chi connectivity index (χ3v) is 4.22. The van der Waals surface area contributed by atoms with Gasteiger partial charge in [-0.3, -0.25) is 25.8 Å². The van der Waals surface area contributed by atoms with Crippen molar-refractivity contribution >= 4 is 51.8 Å². The Morgan fingerprint density at radius 1 is 1.25 bits per heavy atom. The van der Waals surface area contributed by atoms with E-state index in [-0.39, 0.29) is 19.9 Å². The van der Waals surface area contributed by atoms with Crippen molar-refractivity contribution in [3.05, 3.63) is 54.2 Å². The number of hydrazine groups is 1. The molecule has 12 heteroatoms. The van der Waals surface area contributed by atoms with Gasteiger partial charge >= 0.3 is 6.18 Å². The molecule has 128 valence electrons. The number of nitro groups is 1. The second-order valence-corrected chi connectivity index (χ2v) is 6.59. The summed E-state index contributed by atoms with van der Waals surface area (Å²) in [5.74, 6) is -0.752. The van der Waals surface area contributed by atoms with Crippen LogP contribution in [0.1, 0.15) is 15.9 Å². The lowest BCUT2D eigenvalue weighted by molar-refractivity contribution is -0.384. The minimum absolute atomic E-state index is 0.0220. The van der Waals surface area contributed by atoms with E-state index in [9.17, 15) is 28.1 Å². The Labute approximate surface area is 146 Å². The van der Waals surface area contributed by atoms with Gasteiger partial charge in [0, 0.05) is 6.07 Å². The molecule has 24 heavy (non-hydrogen) atoms. The summed E-state index contributed by atoms with van der Waals surface area (Å²) in [5.41, 5.74) is 1.99. The first-order valence-electron chi connectivity index (χ1n) is 5.96. The first kappa shape index (κ1) is 18.3. The molecule has 0 unspecified atom stereocenters. The van der Waals surface area contributed by atoms with Crippen LogP contribution in [0.4, 0.5) is 24.5 Å². The van der Waals surface area contributed by atoms with Crippen molar-refractivity contribution < 1.29 is 22.9 Å². The monoisotopic (exact) mass is 399 g/mol. The number of hydrogen-bond donors (Lipinski definition) is 2. The van der Waals surface area contributed by atoms with E-state index in [1.165, 1.54) is 6.07 Å². The van der Waals surface area contributed by atoms with Crippen LogP contribution >= 0.6 is 34.5 Å². The van der Waals surface area contributed by atoms with E-state index in [4.69, 9.17) is 23.2 Å². The number of nitro benzene ring substituents is 1. The van der Waals surface area contributed by atoms with Crippen molar-refractivity contribution in [3.63, 3.8) is 0 Å². The van der Waals surface area contributed by atoms with Gasteiger partial charge in [0.2, 0.25) is 0 Å². The van der Waals surface area contributed by atoms with E-state index >= 15 is 0 Å². The van der Waals surface area contributed by atoms with Crippen molar-refractivity contribution in [2.45, 2.75) is 6.18 Å². The van der Waals surface area contributed by atoms with Gasteiger partial charge in [0.05, 0.1) is 20.4 Å². The predicted octanol–water partition coefficient (Wildman–Crippen LogP) is 4.74. The molecule has 0 fully saturated rings. The molecule has 2 aromatic rings. The van der Waals surface area contributed by atoms with Gasteiger partial charge in [-0.15, -0.1) is 11.3 Å². The lowest BCUT2D eigenvalue weighted by atomic mass is 10.1. The molecule has 0 aliphatic carbocycles. The van der Waals surface area contributed by atoms with Crippen LogP contribution in [0.3, 0.4) is 0 Å². The fourth-order valence-corrected chi connectivity index (χ4v) is 3.11. The molecule has 1 aromatic heterocycles. The number of alkyl halides is 3. The molecule has 0 aliphatic rings. The quantitative estimate of drug-likeness (QED) is 0.574. The van der Waals surface area contributed by atoms with E-state index < -0.39 is 28.3 Å². The maximum Gasteiger partial charge on any atom is 0.416 e. The van der Waals surface area contributed by atoms with E-state index in [1.54, 1.807) is 0 Å². The first-order valence-corrected chi connectivity index (χ1v) is 7.53. The zero-order valence-electron chi connectivity index (χ0n) is 11.3. The largest absolute Gasteiger partial charge is 0.416 e. The molecule has 2 N–H and O–H groups in total. The number of nitrogens with one attached hydrogen (secondary N) is 2. The number of carbonyl (C=O) groups is 1. The van der Waals surface area contributed by atoms with E-state index in [1.807, 2.05) is 0 Å². The summed E-state index contributed by atoms with van der Waals surface area (Å²) in [7, 11) is 0. The van der Waals surface area contributed by atoms with Gasteiger partial charge in [-0.05, 0) is 18.2 Å². The summed E-state index contributed by atoms with van der Waals surface area (Å²) in [6, 6.07) is 3.13. The van der Waals surface area contributed by atoms with Crippen LogP contribution in [0.5, 0.6) is 0 Å². The summed E-state index contributed by atoms with van der Waals surface area (Å²) in [6.07, 6.45) is -4.73. The number of thiophene rings is 1. The Morgan fingerprint density at radius 3 is 2.42 bits per heavy atom. The number of anilines is 1. The van der Waals surface area contributed by atoms with Gasteiger partial charge in [0.25, 0.3) is 11.6 Å². The number of amides is 1. The lowest BCUT2D eigenvalue weighted by Gasteiger charge is -2.11. The van der Waals surface area contributed by atoms with Crippen LogP contribution in [0, 0.1) is 10.1 Å². The Balaban J connectivity index is 2.22. The van der Waals surface area contributed by atoms with E-state index in [2.05, 4.69) is 10.9 Å². The summed E-state index contributed by atoms with van der Waals surface area (Å²) in [4.78, 5) is 21.8. The molecule has 0 atom stereocenters. The van der Waals surface area contributed by atoms with Gasteiger partial charge in [0.1, 0.15) is 10.0 Å². The summed E-state index contributed by atoms with van der Waals surface area (Å²) >= 11 is 12.4. The minimum Gasteiger partial charge on any atom is -0.292 e. The molecule has 1 amide bonds. The molecule has 0 saturated heterocycles. The molecule has 2 rings (SSSR count). The topological polar surface area (TPSA) is 84.3 Å². The van der Waals surface area contributed by atoms with Gasteiger partial charge < -0.3 is 0 Å². The van der Waals surface area contributed by atoms with Crippen LogP contribution in [0.2, 0.25) is 8.67 Å². The van der Waals surface area contributed by atoms with Gasteiger partial charge in [-0.25, -0.2) is 0 Å². The van der Waals surface area contributed by atoms with Gasteiger partial charge in [-0.1, -0.05) is 23.2 Å². The van der Waals surface area contributed by atoms with E-state index in [0.717, 1.165) is 17.4 Å². The van der Waals surface area contributed by atoms with Crippen LogP contribution < -0.4 is 10.9 Å². The minimum atomic E-state index is -4.73. The Bertz CT molecular complexity index is 811. The normalized spacial score (nSPS) is 11.2. The number of hydrogen-bond acceptors (Lipinski definition) is 5. The highest BCUT2D eigenvalue weighted by molar-refractivity contribution is 7.20. The third-order valence-electron chi connectivity index (χ3n) is 2.73. The number of benzene rings is 1. The van der Waals surface area contributed by atoms with Crippen molar-refractivity contribution in [1.29, 1.82) is 0 Å².